The lowest BCUT2D eigenvalue weighted by Crippen LogP contribution is -2.37. The molecule has 1 saturated heterocycles. The van der Waals surface area contributed by atoms with E-state index in [-0.39, 0.29) is 0 Å². The van der Waals surface area contributed by atoms with Gasteiger partial charge in [0, 0.05) is 18.0 Å². The monoisotopic (exact) mass is 309 g/mol. The Kier molecular flexibility index (Phi) is 3.28. The van der Waals surface area contributed by atoms with Gasteiger partial charge in [0.2, 0.25) is 5.28 Å². The van der Waals surface area contributed by atoms with Crippen molar-refractivity contribution in [2.75, 3.05) is 31.2 Å². The smallest absolute Gasteiger partial charge is 0.225 e. The molecule has 1 aliphatic heterocycles. The highest BCUT2D eigenvalue weighted by molar-refractivity contribution is 7.19. The third kappa shape index (κ3) is 2.08. The second kappa shape index (κ2) is 5.13. The standard InChI is InChI=1S/C14H16ClN3OS/c15-14-16-12(18-5-7-19-8-6-18)11-9-3-1-2-4-10(9)20-13(11)17-14/h1-8H2. The average molecular weight is 310 g/mol. The number of aromatic nitrogens is 2. The van der Waals surface area contributed by atoms with Crippen LogP contribution in [0.2, 0.25) is 5.28 Å². The van der Waals surface area contributed by atoms with Gasteiger partial charge in [0.05, 0.1) is 18.6 Å². The Morgan fingerprint density at radius 3 is 2.75 bits per heavy atom. The maximum atomic E-state index is 6.13. The Morgan fingerprint density at radius 1 is 1.10 bits per heavy atom. The van der Waals surface area contributed by atoms with Gasteiger partial charge in [-0.1, -0.05) is 0 Å². The van der Waals surface area contributed by atoms with Crippen LogP contribution in [0.5, 0.6) is 0 Å². The maximum Gasteiger partial charge on any atom is 0.225 e. The predicted molar refractivity (Wildman–Crippen MR) is 82.1 cm³/mol. The molecular weight excluding hydrogens is 294 g/mol. The molecule has 0 N–H and O–H groups in total. The minimum absolute atomic E-state index is 0.359. The zero-order valence-electron chi connectivity index (χ0n) is 11.2. The highest BCUT2D eigenvalue weighted by Crippen LogP contribution is 2.40. The molecule has 20 heavy (non-hydrogen) atoms. The zero-order chi connectivity index (χ0) is 13.5. The van der Waals surface area contributed by atoms with Gasteiger partial charge in [0.25, 0.3) is 0 Å². The number of ether oxygens (including phenoxy) is 1. The molecule has 0 atom stereocenters. The Labute approximate surface area is 126 Å². The van der Waals surface area contributed by atoms with Crippen molar-refractivity contribution in [1.29, 1.82) is 0 Å². The van der Waals surface area contributed by atoms with Crippen molar-refractivity contribution < 1.29 is 4.74 Å². The first-order chi connectivity index (χ1) is 9.83. The summed E-state index contributed by atoms with van der Waals surface area (Å²) < 4.78 is 5.44. The van der Waals surface area contributed by atoms with Crippen LogP contribution < -0.4 is 4.90 Å². The van der Waals surface area contributed by atoms with Crippen molar-refractivity contribution in [2.24, 2.45) is 0 Å². The molecule has 6 heteroatoms. The molecule has 0 unspecified atom stereocenters. The van der Waals surface area contributed by atoms with Gasteiger partial charge in [-0.2, -0.15) is 4.98 Å². The fourth-order valence-electron chi connectivity index (χ4n) is 3.12. The maximum absolute atomic E-state index is 6.13. The summed E-state index contributed by atoms with van der Waals surface area (Å²) in [5.74, 6) is 1.02. The van der Waals surface area contributed by atoms with Gasteiger partial charge in [0.15, 0.2) is 0 Å². The molecular formula is C14H16ClN3OS. The largest absolute Gasteiger partial charge is 0.378 e. The van der Waals surface area contributed by atoms with E-state index in [1.54, 1.807) is 11.3 Å². The number of morpholine rings is 1. The molecule has 0 amide bonds. The van der Waals surface area contributed by atoms with Crippen LogP contribution in [0.15, 0.2) is 0 Å². The summed E-state index contributed by atoms with van der Waals surface area (Å²) in [5.41, 5.74) is 1.47. The number of fused-ring (bicyclic) bond motifs is 3. The molecule has 0 bridgehead atoms. The molecule has 0 aromatic carbocycles. The summed E-state index contributed by atoms with van der Waals surface area (Å²) in [4.78, 5) is 13.8. The van der Waals surface area contributed by atoms with Crippen LogP contribution >= 0.6 is 22.9 Å². The summed E-state index contributed by atoms with van der Waals surface area (Å²) >= 11 is 7.93. The number of aryl methyl sites for hydroxylation is 2. The third-order valence-corrected chi connectivity index (χ3v) is 5.43. The second-order valence-corrected chi connectivity index (χ2v) is 6.73. The number of anilines is 1. The van der Waals surface area contributed by atoms with Gasteiger partial charge >= 0.3 is 0 Å². The number of nitrogens with zero attached hydrogens (tertiary/aromatic N) is 3. The van der Waals surface area contributed by atoms with Crippen LogP contribution in [0.4, 0.5) is 5.82 Å². The molecule has 0 spiro atoms. The van der Waals surface area contributed by atoms with E-state index in [4.69, 9.17) is 16.3 Å². The zero-order valence-corrected chi connectivity index (χ0v) is 12.8. The minimum atomic E-state index is 0.359. The van der Waals surface area contributed by atoms with E-state index in [1.807, 2.05) is 0 Å². The summed E-state index contributed by atoms with van der Waals surface area (Å²) in [6.45, 7) is 3.28. The molecule has 106 valence electrons. The number of halogens is 1. The predicted octanol–water partition coefficient (Wildman–Crippen LogP) is 3.06. The molecule has 4 nitrogen and oxygen atoms in total. The van der Waals surface area contributed by atoms with Crippen molar-refractivity contribution in [1.82, 2.24) is 9.97 Å². The highest BCUT2D eigenvalue weighted by atomic mass is 35.5. The van der Waals surface area contributed by atoms with Gasteiger partial charge < -0.3 is 9.64 Å². The molecule has 2 aliphatic rings. The quantitative estimate of drug-likeness (QED) is 0.759. The first-order valence-electron chi connectivity index (χ1n) is 7.13. The Hall–Kier alpha value is -0.910. The summed E-state index contributed by atoms with van der Waals surface area (Å²) in [7, 11) is 0. The Morgan fingerprint density at radius 2 is 1.90 bits per heavy atom. The molecule has 0 radical (unpaired) electrons. The SMILES string of the molecule is Clc1nc(N2CCOCC2)c2c3c(sc2n1)CCCC3. The van der Waals surface area contributed by atoms with E-state index in [2.05, 4.69) is 14.9 Å². The lowest BCUT2D eigenvalue weighted by Gasteiger charge is -2.28. The number of rotatable bonds is 1. The molecule has 1 aliphatic carbocycles. The van der Waals surface area contributed by atoms with Crippen molar-refractivity contribution in [2.45, 2.75) is 25.7 Å². The van der Waals surface area contributed by atoms with E-state index in [0.29, 0.717) is 5.28 Å². The number of thiophene rings is 1. The average Bonchev–Trinajstić information content (AvgIpc) is 2.85. The van der Waals surface area contributed by atoms with Gasteiger partial charge in [0.1, 0.15) is 10.6 Å². The second-order valence-electron chi connectivity index (χ2n) is 5.31. The fraction of sp³-hybridized carbons (Fsp3) is 0.571. The van der Waals surface area contributed by atoms with Gasteiger partial charge in [-0.3, -0.25) is 0 Å². The summed E-state index contributed by atoms with van der Waals surface area (Å²) in [6.07, 6.45) is 4.88. The van der Waals surface area contributed by atoms with Gasteiger partial charge in [-0.15, -0.1) is 11.3 Å². The molecule has 2 aromatic rings. The first-order valence-corrected chi connectivity index (χ1v) is 8.33. The topological polar surface area (TPSA) is 38.2 Å². The minimum Gasteiger partial charge on any atom is -0.378 e. The van der Waals surface area contributed by atoms with Crippen LogP contribution in [0.25, 0.3) is 10.2 Å². The van der Waals surface area contributed by atoms with Gasteiger partial charge in [-0.25, -0.2) is 4.98 Å². The lowest BCUT2D eigenvalue weighted by molar-refractivity contribution is 0.122. The van der Waals surface area contributed by atoms with E-state index in [0.717, 1.165) is 43.4 Å². The fourth-order valence-corrected chi connectivity index (χ4v) is 4.59. The van der Waals surface area contributed by atoms with Crippen LogP contribution in [-0.2, 0) is 17.6 Å². The van der Waals surface area contributed by atoms with E-state index >= 15 is 0 Å². The summed E-state index contributed by atoms with van der Waals surface area (Å²) in [5, 5.41) is 1.61. The normalized spacial score (nSPS) is 19.4. The van der Waals surface area contributed by atoms with Crippen molar-refractivity contribution >= 4 is 39.0 Å². The molecule has 1 fully saturated rings. The molecule has 0 saturated carbocycles. The van der Waals surface area contributed by atoms with E-state index < -0.39 is 0 Å². The highest BCUT2D eigenvalue weighted by Gasteiger charge is 2.24. The van der Waals surface area contributed by atoms with Crippen molar-refractivity contribution in [3.63, 3.8) is 0 Å². The van der Waals surface area contributed by atoms with E-state index in [9.17, 15) is 0 Å². The van der Waals surface area contributed by atoms with Crippen LogP contribution in [-0.4, -0.2) is 36.3 Å². The van der Waals surface area contributed by atoms with Crippen LogP contribution in [0.1, 0.15) is 23.3 Å². The first kappa shape index (κ1) is 12.8. The number of hydrogen-bond donors (Lipinski definition) is 0. The Bertz CT molecular complexity index is 651. The molecule has 3 heterocycles. The third-order valence-electron chi connectivity index (χ3n) is 4.08. The van der Waals surface area contributed by atoms with Crippen molar-refractivity contribution in [3.05, 3.63) is 15.7 Å². The Balaban J connectivity index is 1.91. The lowest BCUT2D eigenvalue weighted by atomic mass is 9.97. The van der Waals surface area contributed by atoms with Crippen molar-refractivity contribution in [3.8, 4) is 0 Å². The van der Waals surface area contributed by atoms with E-state index in [1.165, 1.54) is 35.1 Å². The van der Waals surface area contributed by atoms with Gasteiger partial charge in [-0.05, 0) is 42.8 Å². The van der Waals surface area contributed by atoms with Crippen LogP contribution in [0.3, 0.4) is 0 Å². The number of hydrogen-bond acceptors (Lipinski definition) is 5. The van der Waals surface area contributed by atoms with Crippen LogP contribution in [0, 0.1) is 0 Å². The molecule has 4 rings (SSSR count). The molecule has 2 aromatic heterocycles. The summed E-state index contributed by atoms with van der Waals surface area (Å²) in [6, 6.07) is 0.